The number of aryl methyl sites for hydroxylation is 1. The van der Waals surface area contributed by atoms with Crippen LogP contribution < -0.4 is 0 Å². The van der Waals surface area contributed by atoms with Crippen molar-refractivity contribution in [3.63, 3.8) is 0 Å². The third-order valence-electron chi connectivity index (χ3n) is 3.99. The Hall–Kier alpha value is -2.28. The van der Waals surface area contributed by atoms with Crippen molar-refractivity contribution in [1.29, 1.82) is 0 Å². The molecule has 23 heavy (non-hydrogen) atoms. The summed E-state index contributed by atoms with van der Waals surface area (Å²) in [6.45, 7) is 0.383. The molecule has 0 saturated heterocycles. The SMILES string of the molecule is CN(CC(O)C1CC1)C(=O)CCc1nc(-c2cccnc2)no1. The van der Waals surface area contributed by atoms with Crippen LogP contribution in [-0.4, -0.2) is 50.7 Å². The smallest absolute Gasteiger partial charge is 0.227 e. The summed E-state index contributed by atoms with van der Waals surface area (Å²) < 4.78 is 5.17. The van der Waals surface area contributed by atoms with Gasteiger partial charge in [-0.1, -0.05) is 5.16 Å². The summed E-state index contributed by atoms with van der Waals surface area (Å²) in [5.74, 6) is 1.22. The first-order chi connectivity index (χ1) is 11.1. The summed E-state index contributed by atoms with van der Waals surface area (Å²) in [5, 5.41) is 13.8. The van der Waals surface area contributed by atoms with Gasteiger partial charge in [0.05, 0.1) is 6.10 Å². The van der Waals surface area contributed by atoms with E-state index < -0.39 is 6.10 Å². The summed E-state index contributed by atoms with van der Waals surface area (Å²) in [5.41, 5.74) is 0.776. The van der Waals surface area contributed by atoms with Gasteiger partial charge in [0.1, 0.15) is 0 Å². The minimum atomic E-state index is -0.412. The van der Waals surface area contributed by atoms with Crippen LogP contribution >= 0.6 is 0 Å². The van der Waals surface area contributed by atoms with E-state index in [0.29, 0.717) is 30.6 Å². The van der Waals surface area contributed by atoms with E-state index in [4.69, 9.17) is 4.52 Å². The number of nitrogens with zero attached hydrogens (tertiary/aromatic N) is 4. The molecule has 1 aliphatic rings. The Morgan fingerprint density at radius 1 is 1.52 bits per heavy atom. The second-order valence-electron chi connectivity index (χ2n) is 5.93. The highest BCUT2D eigenvalue weighted by Crippen LogP contribution is 2.32. The summed E-state index contributed by atoms with van der Waals surface area (Å²) in [7, 11) is 1.71. The van der Waals surface area contributed by atoms with Gasteiger partial charge in [-0.05, 0) is 30.9 Å². The highest BCUT2D eigenvalue weighted by Gasteiger charge is 2.31. The number of carbonyl (C=O) groups excluding carboxylic acids is 1. The number of aromatic nitrogens is 3. The number of rotatable bonds is 7. The zero-order chi connectivity index (χ0) is 16.2. The quantitative estimate of drug-likeness (QED) is 0.827. The maximum Gasteiger partial charge on any atom is 0.227 e. The van der Waals surface area contributed by atoms with Crippen LogP contribution in [0.25, 0.3) is 11.4 Å². The number of aliphatic hydroxyl groups is 1. The van der Waals surface area contributed by atoms with Crippen LogP contribution in [0.2, 0.25) is 0 Å². The predicted octanol–water partition coefficient (Wildman–Crippen LogP) is 1.29. The molecule has 0 radical (unpaired) electrons. The fourth-order valence-corrected chi connectivity index (χ4v) is 2.39. The summed E-state index contributed by atoms with van der Waals surface area (Å²) >= 11 is 0. The molecule has 1 saturated carbocycles. The highest BCUT2D eigenvalue weighted by atomic mass is 16.5. The second kappa shape index (κ2) is 6.87. The largest absolute Gasteiger partial charge is 0.391 e. The molecule has 2 aromatic heterocycles. The average Bonchev–Trinajstić information content (AvgIpc) is 3.32. The van der Waals surface area contributed by atoms with E-state index in [1.54, 1.807) is 30.4 Å². The Bertz CT molecular complexity index is 654. The van der Waals surface area contributed by atoms with E-state index in [9.17, 15) is 9.90 Å². The van der Waals surface area contributed by atoms with Gasteiger partial charge >= 0.3 is 0 Å². The molecule has 1 atom stereocenters. The Balaban J connectivity index is 1.50. The molecule has 0 aliphatic heterocycles. The summed E-state index contributed by atoms with van der Waals surface area (Å²) in [6, 6.07) is 3.65. The molecule has 1 N–H and O–H groups in total. The minimum absolute atomic E-state index is 0.0363. The molecule has 122 valence electrons. The summed E-state index contributed by atoms with van der Waals surface area (Å²) in [6.07, 6.45) is 5.70. The molecule has 7 nitrogen and oxygen atoms in total. The van der Waals surface area contributed by atoms with E-state index in [0.717, 1.165) is 18.4 Å². The molecular formula is C16H20N4O3. The van der Waals surface area contributed by atoms with Crippen molar-refractivity contribution in [3.05, 3.63) is 30.4 Å². The van der Waals surface area contributed by atoms with Gasteiger partial charge in [0.2, 0.25) is 17.6 Å². The Kier molecular flexibility index (Phi) is 4.66. The van der Waals surface area contributed by atoms with Crippen LogP contribution in [0.1, 0.15) is 25.2 Å². The van der Waals surface area contributed by atoms with Gasteiger partial charge in [0.25, 0.3) is 0 Å². The van der Waals surface area contributed by atoms with Gasteiger partial charge in [0, 0.05) is 44.4 Å². The first-order valence-electron chi connectivity index (χ1n) is 7.78. The Morgan fingerprint density at radius 2 is 2.35 bits per heavy atom. The van der Waals surface area contributed by atoms with Crippen LogP contribution in [0.5, 0.6) is 0 Å². The van der Waals surface area contributed by atoms with Gasteiger partial charge in [-0.2, -0.15) is 4.98 Å². The number of carbonyl (C=O) groups is 1. The lowest BCUT2D eigenvalue weighted by Crippen LogP contribution is -2.35. The first-order valence-corrected chi connectivity index (χ1v) is 7.78. The van der Waals surface area contributed by atoms with E-state index >= 15 is 0 Å². The lowest BCUT2D eigenvalue weighted by atomic mass is 10.2. The molecule has 1 aliphatic carbocycles. The molecule has 2 aromatic rings. The van der Waals surface area contributed by atoms with Crippen LogP contribution in [0.3, 0.4) is 0 Å². The molecule has 2 heterocycles. The normalized spacial score (nSPS) is 15.4. The molecule has 0 aromatic carbocycles. The van der Waals surface area contributed by atoms with E-state index in [1.807, 2.05) is 6.07 Å². The Morgan fingerprint density at radius 3 is 3.04 bits per heavy atom. The van der Waals surface area contributed by atoms with Crippen molar-refractivity contribution in [2.75, 3.05) is 13.6 Å². The van der Waals surface area contributed by atoms with Crippen molar-refractivity contribution in [2.24, 2.45) is 5.92 Å². The number of aliphatic hydroxyl groups excluding tert-OH is 1. The fourth-order valence-electron chi connectivity index (χ4n) is 2.39. The lowest BCUT2D eigenvalue weighted by Gasteiger charge is -2.20. The molecule has 1 unspecified atom stereocenters. The summed E-state index contributed by atoms with van der Waals surface area (Å²) in [4.78, 5) is 21.9. The van der Waals surface area contributed by atoms with Gasteiger partial charge < -0.3 is 14.5 Å². The minimum Gasteiger partial charge on any atom is -0.391 e. The molecular weight excluding hydrogens is 296 g/mol. The van der Waals surface area contributed by atoms with Crippen molar-refractivity contribution in [2.45, 2.75) is 31.8 Å². The van der Waals surface area contributed by atoms with Crippen LogP contribution in [0.15, 0.2) is 29.0 Å². The van der Waals surface area contributed by atoms with Gasteiger partial charge in [0.15, 0.2) is 0 Å². The standard InChI is InChI=1S/C16H20N4O3/c1-20(10-13(21)11-4-5-11)15(22)7-6-14-18-16(19-23-14)12-3-2-8-17-9-12/h2-3,8-9,11,13,21H,4-7,10H2,1H3. The molecule has 0 spiro atoms. The maximum atomic E-state index is 12.1. The van der Waals surface area contributed by atoms with Crippen molar-refractivity contribution < 1.29 is 14.4 Å². The third kappa shape index (κ3) is 4.13. The fraction of sp³-hybridized carbons (Fsp3) is 0.500. The van der Waals surface area contributed by atoms with Crippen molar-refractivity contribution in [1.82, 2.24) is 20.0 Å². The van der Waals surface area contributed by atoms with E-state index in [1.165, 1.54) is 0 Å². The number of likely N-dealkylation sites (N-methyl/N-ethyl adjacent to an activating group) is 1. The average molecular weight is 316 g/mol. The Labute approximate surface area is 134 Å². The van der Waals surface area contributed by atoms with Crippen LogP contribution in [0.4, 0.5) is 0 Å². The van der Waals surface area contributed by atoms with Crippen molar-refractivity contribution in [3.8, 4) is 11.4 Å². The van der Waals surface area contributed by atoms with Gasteiger partial charge in [-0.15, -0.1) is 0 Å². The topological polar surface area (TPSA) is 92.3 Å². The molecule has 1 fully saturated rings. The zero-order valence-electron chi connectivity index (χ0n) is 13.1. The monoisotopic (exact) mass is 316 g/mol. The molecule has 7 heteroatoms. The molecule has 3 rings (SSSR count). The number of amides is 1. The number of hydrogen-bond acceptors (Lipinski definition) is 6. The number of pyridine rings is 1. The van der Waals surface area contributed by atoms with Crippen LogP contribution in [-0.2, 0) is 11.2 Å². The highest BCUT2D eigenvalue weighted by molar-refractivity contribution is 5.76. The van der Waals surface area contributed by atoms with E-state index in [2.05, 4.69) is 15.1 Å². The van der Waals surface area contributed by atoms with Gasteiger partial charge in [-0.3, -0.25) is 9.78 Å². The van der Waals surface area contributed by atoms with Crippen molar-refractivity contribution >= 4 is 5.91 Å². The maximum absolute atomic E-state index is 12.1. The third-order valence-corrected chi connectivity index (χ3v) is 3.99. The molecule has 1 amide bonds. The predicted molar refractivity (Wildman–Crippen MR) is 82.2 cm³/mol. The zero-order valence-corrected chi connectivity index (χ0v) is 13.1. The lowest BCUT2D eigenvalue weighted by molar-refractivity contribution is -0.131. The first kappa shape index (κ1) is 15.6. The van der Waals surface area contributed by atoms with Gasteiger partial charge in [-0.25, -0.2) is 0 Å². The number of hydrogen-bond donors (Lipinski definition) is 1. The van der Waals surface area contributed by atoms with E-state index in [-0.39, 0.29) is 12.3 Å². The molecule has 0 bridgehead atoms. The second-order valence-corrected chi connectivity index (χ2v) is 5.93. The van der Waals surface area contributed by atoms with Crippen LogP contribution in [0, 0.1) is 5.92 Å².